The number of hydrogen-bond donors (Lipinski definition) is 5. The van der Waals surface area contributed by atoms with Crippen LogP contribution >= 0.6 is 23.5 Å². The Labute approximate surface area is 287 Å². The van der Waals surface area contributed by atoms with E-state index in [9.17, 15) is 30.0 Å². The molecule has 11 nitrogen and oxygen atoms in total. The van der Waals surface area contributed by atoms with Crippen molar-refractivity contribution >= 4 is 35.5 Å². The van der Waals surface area contributed by atoms with Gasteiger partial charge in [-0.25, -0.2) is 4.79 Å². The Hall–Kier alpha value is -1.58. The Balaban J connectivity index is 1.66. The number of rotatable bonds is 10. The molecule has 11 atom stereocenters. The Morgan fingerprint density at radius 3 is 2.36 bits per heavy atom. The molecule has 3 saturated heterocycles. The Morgan fingerprint density at radius 1 is 1.09 bits per heavy atom. The predicted octanol–water partition coefficient (Wildman–Crippen LogP) is 3.39. The molecule has 47 heavy (non-hydrogen) atoms. The number of amides is 2. The van der Waals surface area contributed by atoms with E-state index in [1.54, 1.807) is 27.0 Å². The molecule has 0 aliphatic carbocycles. The van der Waals surface area contributed by atoms with Gasteiger partial charge in [-0.05, 0) is 75.8 Å². The van der Waals surface area contributed by atoms with Crippen LogP contribution in [0.5, 0.6) is 0 Å². The van der Waals surface area contributed by atoms with Crippen LogP contribution in [-0.2, 0) is 25.6 Å². The van der Waals surface area contributed by atoms with Gasteiger partial charge in [0, 0.05) is 29.2 Å². The molecule has 3 heterocycles. The number of nitrogens with one attached hydrogen (secondary N) is 1. The Kier molecular flexibility index (Phi) is 13.4. The lowest BCUT2D eigenvalue weighted by Gasteiger charge is -2.45. The fourth-order valence-electron chi connectivity index (χ4n) is 6.98. The third kappa shape index (κ3) is 9.56. The molecule has 0 bridgehead atoms. The SMILES string of the molecule is CSC1O[C@H]([C@H](NC(=O)C2[C@@H]3OCC[C@@H](CC(C)C)C[C@H]3CN2C(=O)OC(C)(C)C)[C@H](C)Sc2ccc(CO)cc2)C(O)[C@@H](O)[C@H]1O. The summed E-state index contributed by atoms with van der Waals surface area (Å²) in [6.45, 7) is 12.4. The van der Waals surface area contributed by atoms with Gasteiger partial charge in [0.25, 0.3) is 0 Å². The van der Waals surface area contributed by atoms with Crippen molar-refractivity contribution in [2.45, 2.75) is 131 Å². The average Bonchev–Trinajstić information content (AvgIpc) is 3.25. The molecule has 0 saturated carbocycles. The summed E-state index contributed by atoms with van der Waals surface area (Å²) in [4.78, 5) is 30.5. The van der Waals surface area contributed by atoms with Crippen LogP contribution < -0.4 is 5.32 Å². The molecule has 1 aromatic rings. The van der Waals surface area contributed by atoms with Crippen LogP contribution in [-0.4, -0.2) is 116 Å². The second-order valence-corrected chi connectivity index (χ2v) is 16.9. The number of carbonyl (C=O) groups excluding carboxylic acids is 2. The summed E-state index contributed by atoms with van der Waals surface area (Å²) >= 11 is 2.63. The predicted molar refractivity (Wildman–Crippen MR) is 182 cm³/mol. The zero-order valence-electron chi connectivity index (χ0n) is 28.6. The summed E-state index contributed by atoms with van der Waals surface area (Å²) in [5, 5.41) is 44.8. The largest absolute Gasteiger partial charge is 0.444 e. The minimum atomic E-state index is -1.50. The maximum Gasteiger partial charge on any atom is 0.411 e. The van der Waals surface area contributed by atoms with Gasteiger partial charge in [0.15, 0.2) is 0 Å². The minimum Gasteiger partial charge on any atom is -0.444 e. The van der Waals surface area contributed by atoms with E-state index >= 15 is 0 Å². The summed E-state index contributed by atoms with van der Waals surface area (Å²) < 4.78 is 18.3. The molecule has 266 valence electrons. The van der Waals surface area contributed by atoms with E-state index in [4.69, 9.17) is 14.2 Å². The van der Waals surface area contributed by atoms with Crippen LogP contribution in [0.4, 0.5) is 4.79 Å². The molecule has 5 N–H and O–H groups in total. The first-order valence-corrected chi connectivity index (χ1v) is 18.8. The van der Waals surface area contributed by atoms with Crippen molar-refractivity contribution in [3.8, 4) is 0 Å². The minimum absolute atomic E-state index is 0.0610. The zero-order valence-corrected chi connectivity index (χ0v) is 30.2. The van der Waals surface area contributed by atoms with Crippen LogP contribution in [0.2, 0.25) is 0 Å². The molecule has 3 unspecified atom stereocenters. The van der Waals surface area contributed by atoms with Gasteiger partial charge >= 0.3 is 6.09 Å². The van der Waals surface area contributed by atoms with Gasteiger partial charge in [0.2, 0.25) is 5.91 Å². The topological polar surface area (TPSA) is 158 Å². The Bertz CT molecular complexity index is 1180. The summed E-state index contributed by atoms with van der Waals surface area (Å²) in [6, 6.07) is 5.52. The van der Waals surface area contributed by atoms with E-state index in [1.165, 1.54) is 28.4 Å². The maximum absolute atomic E-state index is 14.5. The van der Waals surface area contributed by atoms with Crippen LogP contribution in [0.15, 0.2) is 29.2 Å². The number of fused-ring (bicyclic) bond motifs is 1. The number of hydrogen-bond acceptors (Lipinski definition) is 11. The molecule has 13 heteroatoms. The fourth-order valence-corrected chi connectivity index (χ4v) is 8.75. The maximum atomic E-state index is 14.5. The summed E-state index contributed by atoms with van der Waals surface area (Å²) in [7, 11) is 0. The number of aliphatic hydroxyl groups excluding tert-OH is 4. The highest BCUT2D eigenvalue weighted by molar-refractivity contribution is 8.00. The van der Waals surface area contributed by atoms with E-state index in [2.05, 4.69) is 19.2 Å². The van der Waals surface area contributed by atoms with Crippen molar-refractivity contribution in [3.63, 3.8) is 0 Å². The number of thioether (sulfide) groups is 2. The summed E-state index contributed by atoms with van der Waals surface area (Å²) in [5.74, 6) is 0.403. The van der Waals surface area contributed by atoms with Crippen LogP contribution in [0.25, 0.3) is 0 Å². The number of benzene rings is 1. The third-order valence-corrected chi connectivity index (χ3v) is 11.2. The van der Waals surface area contributed by atoms with Gasteiger partial charge in [-0.15, -0.1) is 23.5 Å². The van der Waals surface area contributed by atoms with Gasteiger partial charge in [-0.1, -0.05) is 32.9 Å². The quantitative estimate of drug-likeness (QED) is 0.228. The van der Waals surface area contributed by atoms with Gasteiger partial charge in [-0.3, -0.25) is 9.69 Å². The van der Waals surface area contributed by atoms with E-state index in [-0.39, 0.29) is 12.5 Å². The normalized spacial score (nSPS) is 32.8. The third-order valence-electron chi connectivity index (χ3n) is 9.15. The fraction of sp³-hybridized carbons (Fsp3) is 0.765. The molecular formula is C34H54N2O9S2. The van der Waals surface area contributed by atoms with E-state index in [0.717, 1.165) is 29.7 Å². The lowest BCUT2D eigenvalue weighted by molar-refractivity contribution is -0.205. The first-order valence-electron chi connectivity index (χ1n) is 16.6. The molecule has 1 aromatic carbocycles. The number of likely N-dealkylation sites (tertiary alicyclic amines) is 1. The molecular weight excluding hydrogens is 645 g/mol. The second-order valence-electron chi connectivity index (χ2n) is 14.5. The van der Waals surface area contributed by atoms with Crippen molar-refractivity contribution in [2.75, 3.05) is 19.4 Å². The lowest BCUT2D eigenvalue weighted by Crippen LogP contribution is -2.66. The number of carbonyl (C=O) groups is 2. The molecule has 2 amide bonds. The van der Waals surface area contributed by atoms with Crippen molar-refractivity contribution in [1.82, 2.24) is 10.2 Å². The van der Waals surface area contributed by atoms with Gasteiger partial charge in [-0.2, -0.15) is 0 Å². The molecule has 3 aliphatic heterocycles. The zero-order chi connectivity index (χ0) is 34.6. The highest BCUT2D eigenvalue weighted by atomic mass is 32.2. The standard InChI is InChI=1S/C34H54N2O9S2/c1-18(2)14-21-12-13-43-29-22(15-21)16-36(33(42)45-34(4,5)6)25(29)31(41)35-24(19(3)47-23-10-8-20(17-37)9-11-23)30-27(39)26(38)28(40)32(44-30)46-7/h8-11,18-19,21-22,24-30,32,37-40H,12-17H2,1-7H3,(H,35,41)/t19-,21-,22-,24+,25?,26+,27?,28+,29+,30+,32?/m0/s1. The van der Waals surface area contributed by atoms with Crippen LogP contribution in [0, 0.1) is 17.8 Å². The molecule has 3 aliphatic rings. The second kappa shape index (κ2) is 16.4. The van der Waals surface area contributed by atoms with Gasteiger partial charge < -0.3 is 40.0 Å². The van der Waals surface area contributed by atoms with Crippen molar-refractivity contribution < 1.29 is 44.2 Å². The van der Waals surface area contributed by atoms with Crippen LogP contribution in [0.3, 0.4) is 0 Å². The lowest BCUT2D eigenvalue weighted by atomic mass is 9.85. The highest BCUT2D eigenvalue weighted by Gasteiger charge is 2.53. The average molecular weight is 699 g/mol. The molecule has 0 spiro atoms. The number of aliphatic hydroxyl groups is 4. The summed E-state index contributed by atoms with van der Waals surface area (Å²) in [6.07, 6.45) is -2.04. The summed E-state index contributed by atoms with van der Waals surface area (Å²) in [5.41, 5.74) is -0.849. The van der Waals surface area contributed by atoms with E-state index < -0.39 is 70.9 Å². The van der Waals surface area contributed by atoms with E-state index in [1.807, 2.05) is 31.2 Å². The number of ether oxygens (including phenoxy) is 3. The monoisotopic (exact) mass is 698 g/mol. The van der Waals surface area contributed by atoms with Gasteiger partial charge in [0.05, 0.1) is 18.8 Å². The molecule has 0 aromatic heterocycles. The number of nitrogens with zero attached hydrogens (tertiary/aromatic N) is 1. The van der Waals surface area contributed by atoms with Crippen molar-refractivity contribution in [1.29, 1.82) is 0 Å². The highest BCUT2D eigenvalue weighted by Crippen LogP contribution is 2.39. The van der Waals surface area contributed by atoms with Crippen LogP contribution in [0.1, 0.15) is 66.4 Å². The molecule has 4 rings (SSSR count). The first kappa shape index (κ1) is 38.2. The van der Waals surface area contributed by atoms with Crippen molar-refractivity contribution in [3.05, 3.63) is 29.8 Å². The molecule has 3 fully saturated rings. The Morgan fingerprint density at radius 2 is 1.77 bits per heavy atom. The molecule has 0 radical (unpaired) electrons. The van der Waals surface area contributed by atoms with Gasteiger partial charge in [0.1, 0.15) is 41.5 Å². The smallest absolute Gasteiger partial charge is 0.411 e. The van der Waals surface area contributed by atoms with E-state index in [0.29, 0.717) is 25.0 Å². The first-order chi connectivity index (χ1) is 22.1. The van der Waals surface area contributed by atoms with Crippen molar-refractivity contribution in [2.24, 2.45) is 17.8 Å².